The minimum atomic E-state index is -0.374. The lowest BCUT2D eigenvalue weighted by Crippen LogP contribution is -2.28. The van der Waals surface area contributed by atoms with Crippen LogP contribution < -0.4 is 16.4 Å². The largest absolute Gasteiger partial charge is 0.370 e. The Hall–Kier alpha value is -2.34. The van der Waals surface area contributed by atoms with Gasteiger partial charge in [0.15, 0.2) is 0 Å². The number of hydrogen-bond acceptors (Lipinski definition) is 5. The lowest BCUT2D eigenvalue weighted by Gasteiger charge is -2.23. The highest BCUT2D eigenvalue weighted by Gasteiger charge is 2.12. The molecule has 0 unspecified atom stereocenters. The average molecular weight is 306 g/mol. The van der Waals surface area contributed by atoms with Crippen LogP contribution in [0.5, 0.6) is 0 Å². The van der Waals surface area contributed by atoms with Crippen molar-refractivity contribution >= 4 is 29.3 Å². The van der Waals surface area contributed by atoms with E-state index in [0.29, 0.717) is 18.9 Å². The normalized spacial score (nSPS) is 10.3. The van der Waals surface area contributed by atoms with Gasteiger partial charge in [-0.1, -0.05) is 41.9 Å². The van der Waals surface area contributed by atoms with Gasteiger partial charge in [-0.3, -0.25) is 4.79 Å². The molecule has 1 aromatic carbocycles. The summed E-state index contributed by atoms with van der Waals surface area (Å²) >= 11 is 5.91. The summed E-state index contributed by atoms with van der Waals surface area (Å²) in [6.45, 7) is 0.998. The van der Waals surface area contributed by atoms with Crippen molar-refractivity contribution in [3.63, 3.8) is 0 Å². The van der Waals surface area contributed by atoms with Crippen molar-refractivity contribution in [2.24, 2.45) is 5.73 Å². The Morgan fingerprint density at radius 2 is 1.95 bits per heavy atom. The highest BCUT2D eigenvalue weighted by atomic mass is 35.5. The lowest BCUT2D eigenvalue weighted by molar-refractivity contribution is -0.117. The van der Waals surface area contributed by atoms with E-state index >= 15 is 0 Å². The summed E-state index contributed by atoms with van der Waals surface area (Å²) < 4.78 is 0. The zero-order valence-electron chi connectivity index (χ0n) is 11.4. The summed E-state index contributed by atoms with van der Waals surface area (Å²) in [7, 11) is 0. The van der Waals surface area contributed by atoms with Crippen LogP contribution in [0.2, 0.25) is 5.15 Å². The third-order valence-electron chi connectivity index (χ3n) is 2.87. The van der Waals surface area contributed by atoms with E-state index in [4.69, 9.17) is 23.1 Å². The first-order valence-corrected chi connectivity index (χ1v) is 6.79. The van der Waals surface area contributed by atoms with Crippen LogP contribution in [0.25, 0.3) is 0 Å². The Bertz CT molecular complexity index is 600. The molecule has 0 aliphatic heterocycles. The summed E-state index contributed by atoms with van der Waals surface area (Å²) in [5, 5.41) is 0.259. The third kappa shape index (κ3) is 4.61. The van der Waals surface area contributed by atoms with Crippen LogP contribution in [0, 0.1) is 0 Å². The first kappa shape index (κ1) is 15.1. The molecule has 2 aromatic rings. The van der Waals surface area contributed by atoms with Crippen molar-refractivity contribution in [3.05, 3.63) is 47.1 Å². The first-order valence-electron chi connectivity index (χ1n) is 6.42. The van der Waals surface area contributed by atoms with Gasteiger partial charge in [-0.05, 0) is 5.56 Å². The second kappa shape index (κ2) is 6.90. The van der Waals surface area contributed by atoms with Crippen molar-refractivity contribution in [1.82, 2.24) is 9.97 Å². The van der Waals surface area contributed by atoms with E-state index in [0.717, 1.165) is 5.56 Å². The highest BCUT2D eigenvalue weighted by molar-refractivity contribution is 6.29. The number of nitrogens with zero attached hydrogens (tertiary/aromatic N) is 3. The molecule has 0 radical (unpaired) electrons. The van der Waals surface area contributed by atoms with Gasteiger partial charge < -0.3 is 16.4 Å². The van der Waals surface area contributed by atoms with Crippen LogP contribution in [0.1, 0.15) is 12.0 Å². The van der Waals surface area contributed by atoms with E-state index in [2.05, 4.69) is 9.97 Å². The Morgan fingerprint density at radius 3 is 2.57 bits per heavy atom. The Morgan fingerprint density at radius 1 is 1.24 bits per heavy atom. The summed E-state index contributed by atoms with van der Waals surface area (Å²) in [6, 6.07) is 11.4. The van der Waals surface area contributed by atoms with Crippen LogP contribution in [-0.4, -0.2) is 22.4 Å². The van der Waals surface area contributed by atoms with Crippen molar-refractivity contribution < 1.29 is 4.79 Å². The van der Waals surface area contributed by atoms with Gasteiger partial charge >= 0.3 is 0 Å². The van der Waals surface area contributed by atoms with Crippen LogP contribution in [-0.2, 0) is 11.3 Å². The molecule has 0 aliphatic rings. The Balaban J connectivity index is 2.24. The zero-order chi connectivity index (χ0) is 15.2. The van der Waals surface area contributed by atoms with Crippen molar-refractivity contribution in [2.75, 3.05) is 17.2 Å². The molecule has 0 atom stereocenters. The number of carbonyl (C=O) groups excluding carboxylic acids is 1. The lowest BCUT2D eigenvalue weighted by atomic mass is 10.2. The van der Waals surface area contributed by atoms with E-state index in [-0.39, 0.29) is 23.4 Å². The molecule has 0 aliphatic carbocycles. The number of carbonyl (C=O) groups is 1. The highest BCUT2D eigenvalue weighted by Crippen LogP contribution is 2.19. The molecule has 0 saturated carbocycles. The predicted molar refractivity (Wildman–Crippen MR) is 82.8 cm³/mol. The molecule has 1 amide bonds. The number of anilines is 2. The molecule has 0 saturated heterocycles. The van der Waals surface area contributed by atoms with Gasteiger partial charge in [0.2, 0.25) is 11.9 Å². The monoisotopic (exact) mass is 305 g/mol. The number of benzene rings is 1. The maximum atomic E-state index is 11.0. The topological polar surface area (TPSA) is 98.1 Å². The Kier molecular flexibility index (Phi) is 4.94. The standard InChI is InChI=1S/C14H16ClN5O/c15-11-8-13(19-14(17)18-11)20(7-6-12(16)21)9-10-4-2-1-3-5-10/h1-5,8H,6-7,9H2,(H2,16,21)(H2,17,18,19). The number of nitrogens with two attached hydrogens (primary N) is 2. The number of aromatic nitrogens is 2. The maximum absolute atomic E-state index is 11.0. The SMILES string of the molecule is NC(=O)CCN(Cc1ccccc1)c1cc(Cl)nc(N)n1. The molecular formula is C14H16ClN5O. The van der Waals surface area contributed by atoms with Crippen LogP contribution in [0.4, 0.5) is 11.8 Å². The second-order valence-corrected chi connectivity index (χ2v) is 4.92. The van der Waals surface area contributed by atoms with Crippen molar-refractivity contribution in [2.45, 2.75) is 13.0 Å². The van der Waals surface area contributed by atoms with E-state index in [9.17, 15) is 4.79 Å². The summed E-state index contributed by atoms with van der Waals surface area (Å²) in [5.74, 6) is 0.286. The number of primary amides is 1. The molecule has 7 heteroatoms. The number of amides is 1. The van der Waals surface area contributed by atoms with Crippen LogP contribution >= 0.6 is 11.6 Å². The molecule has 0 fully saturated rings. The predicted octanol–water partition coefficient (Wildman–Crippen LogP) is 1.59. The van der Waals surface area contributed by atoms with Crippen LogP contribution in [0.3, 0.4) is 0 Å². The van der Waals surface area contributed by atoms with Gasteiger partial charge in [0.05, 0.1) is 0 Å². The minimum absolute atomic E-state index is 0.0923. The van der Waals surface area contributed by atoms with E-state index in [1.165, 1.54) is 0 Å². The molecule has 21 heavy (non-hydrogen) atoms. The minimum Gasteiger partial charge on any atom is -0.370 e. The summed E-state index contributed by atoms with van der Waals surface area (Å²) in [4.78, 5) is 20.9. The molecule has 0 bridgehead atoms. The number of nitrogen functional groups attached to an aromatic ring is 1. The van der Waals surface area contributed by atoms with Gasteiger partial charge in [0.1, 0.15) is 11.0 Å². The molecule has 110 valence electrons. The fourth-order valence-corrected chi connectivity index (χ4v) is 2.09. The fraction of sp³-hybridized carbons (Fsp3) is 0.214. The van der Waals surface area contributed by atoms with E-state index in [1.807, 2.05) is 35.2 Å². The molecule has 6 nitrogen and oxygen atoms in total. The second-order valence-electron chi connectivity index (χ2n) is 4.53. The number of hydrogen-bond donors (Lipinski definition) is 2. The van der Waals surface area contributed by atoms with Gasteiger partial charge in [-0.25, -0.2) is 4.98 Å². The number of halogens is 1. The summed E-state index contributed by atoms with van der Waals surface area (Å²) in [5.41, 5.74) is 11.9. The van der Waals surface area contributed by atoms with Gasteiger partial charge in [0.25, 0.3) is 0 Å². The quantitative estimate of drug-likeness (QED) is 0.790. The molecule has 4 N–H and O–H groups in total. The van der Waals surface area contributed by atoms with E-state index < -0.39 is 0 Å². The zero-order valence-corrected chi connectivity index (χ0v) is 12.1. The van der Waals surface area contributed by atoms with Crippen molar-refractivity contribution in [3.8, 4) is 0 Å². The van der Waals surface area contributed by atoms with Crippen LogP contribution in [0.15, 0.2) is 36.4 Å². The molecular weight excluding hydrogens is 290 g/mol. The smallest absolute Gasteiger partial charge is 0.223 e. The molecule has 1 aromatic heterocycles. The van der Waals surface area contributed by atoms with E-state index in [1.54, 1.807) is 6.07 Å². The van der Waals surface area contributed by atoms with Crippen molar-refractivity contribution in [1.29, 1.82) is 0 Å². The maximum Gasteiger partial charge on any atom is 0.223 e. The molecule has 1 heterocycles. The fourth-order valence-electron chi connectivity index (χ4n) is 1.91. The molecule has 0 spiro atoms. The van der Waals surface area contributed by atoms with Gasteiger partial charge in [-0.15, -0.1) is 0 Å². The number of rotatable bonds is 6. The third-order valence-corrected chi connectivity index (χ3v) is 3.06. The van der Waals surface area contributed by atoms with Gasteiger partial charge in [-0.2, -0.15) is 4.98 Å². The summed E-state index contributed by atoms with van der Waals surface area (Å²) in [6.07, 6.45) is 0.217. The molecule has 2 rings (SSSR count). The Labute approximate surface area is 127 Å². The van der Waals surface area contributed by atoms with Gasteiger partial charge in [0, 0.05) is 25.6 Å². The first-order chi connectivity index (χ1) is 10.0. The average Bonchev–Trinajstić information content (AvgIpc) is 2.43.